The van der Waals surface area contributed by atoms with Gasteiger partial charge in [-0.2, -0.15) is 11.8 Å². The van der Waals surface area contributed by atoms with Crippen LogP contribution < -0.4 is 0 Å². The van der Waals surface area contributed by atoms with Crippen molar-refractivity contribution in [2.75, 3.05) is 32.2 Å². The van der Waals surface area contributed by atoms with E-state index in [1.807, 2.05) is 11.8 Å². The molecular weight excluding hydrogens is 282 g/mol. The fourth-order valence-electron chi connectivity index (χ4n) is 4.81. The van der Waals surface area contributed by atoms with Gasteiger partial charge in [0.2, 0.25) is 0 Å². The molecule has 21 heavy (non-hydrogen) atoms. The van der Waals surface area contributed by atoms with Crippen molar-refractivity contribution in [2.45, 2.75) is 68.6 Å². The van der Waals surface area contributed by atoms with E-state index >= 15 is 0 Å². The van der Waals surface area contributed by atoms with E-state index in [4.69, 9.17) is 4.74 Å². The molecule has 1 N–H and O–H groups in total. The van der Waals surface area contributed by atoms with E-state index in [9.17, 15) is 5.11 Å². The first-order chi connectivity index (χ1) is 10.1. The zero-order chi connectivity index (χ0) is 14.9. The van der Waals surface area contributed by atoms with Crippen LogP contribution in [0.2, 0.25) is 0 Å². The third-order valence-electron chi connectivity index (χ3n) is 6.21. The Balaban J connectivity index is 1.74. The van der Waals surface area contributed by atoms with E-state index in [0.29, 0.717) is 5.92 Å². The Labute approximate surface area is 133 Å². The van der Waals surface area contributed by atoms with Gasteiger partial charge >= 0.3 is 0 Å². The molecule has 0 radical (unpaired) electrons. The molecule has 0 aromatic rings. The van der Waals surface area contributed by atoms with Crippen LogP contribution in [0.15, 0.2) is 0 Å². The molecule has 3 nitrogen and oxygen atoms in total. The maximum atomic E-state index is 11.3. The Bertz CT molecular complexity index is 349. The van der Waals surface area contributed by atoms with Gasteiger partial charge in [0.1, 0.15) is 0 Å². The van der Waals surface area contributed by atoms with Crippen molar-refractivity contribution >= 4 is 11.8 Å². The molecule has 3 fully saturated rings. The van der Waals surface area contributed by atoms with E-state index < -0.39 is 0 Å². The lowest BCUT2D eigenvalue weighted by Crippen LogP contribution is -2.59. The summed E-state index contributed by atoms with van der Waals surface area (Å²) < 4.78 is 6.14. The first kappa shape index (κ1) is 16.1. The van der Waals surface area contributed by atoms with Crippen LogP contribution in [-0.4, -0.2) is 59.5 Å². The van der Waals surface area contributed by atoms with Crippen molar-refractivity contribution in [3.63, 3.8) is 0 Å². The van der Waals surface area contributed by atoms with Crippen LogP contribution in [0.1, 0.15) is 51.4 Å². The second-order valence-electron chi connectivity index (χ2n) is 7.59. The maximum absolute atomic E-state index is 11.3. The number of likely N-dealkylation sites (N-methyl/N-ethyl adjacent to an activating group) is 1. The zero-order valence-corrected chi connectivity index (χ0v) is 14.5. The van der Waals surface area contributed by atoms with E-state index in [-0.39, 0.29) is 17.2 Å². The minimum absolute atomic E-state index is 0.00714. The summed E-state index contributed by atoms with van der Waals surface area (Å²) in [5, 5.41) is 11.3. The van der Waals surface area contributed by atoms with Gasteiger partial charge in [0.15, 0.2) is 0 Å². The smallest absolute Gasteiger partial charge is 0.0783 e. The number of nitrogens with zero attached hydrogens (tertiary/aromatic N) is 1. The third-order valence-corrected chi connectivity index (χ3v) is 7.43. The highest BCUT2D eigenvalue weighted by molar-refractivity contribution is 7.99. The van der Waals surface area contributed by atoms with Gasteiger partial charge in [0.25, 0.3) is 0 Å². The molecule has 3 aliphatic rings. The van der Waals surface area contributed by atoms with E-state index in [1.165, 1.54) is 31.4 Å². The molecule has 2 heterocycles. The molecule has 0 bridgehead atoms. The third kappa shape index (κ3) is 3.01. The number of thioether (sulfide) groups is 1. The van der Waals surface area contributed by atoms with Gasteiger partial charge in [0.05, 0.1) is 11.7 Å². The summed E-state index contributed by atoms with van der Waals surface area (Å²) in [6.45, 7) is 0.839. The van der Waals surface area contributed by atoms with Gasteiger partial charge < -0.3 is 14.7 Å². The Morgan fingerprint density at radius 3 is 2.57 bits per heavy atom. The van der Waals surface area contributed by atoms with Crippen molar-refractivity contribution < 1.29 is 9.84 Å². The molecular formula is C17H31NO2S. The summed E-state index contributed by atoms with van der Waals surface area (Å²) in [4.78, 5) is 2.32. The summed E-state index contributed by atoms with van der Waals surface area (Å²) in [6.07, 6.45) is 9.24. The average molecular weight is 314 g/mol. The summed E-state index contributed by atoms with van der Waals surface area (Å²) in [6, 6.07) is 0. The van der Waals surface area contributed by atoms with Crippen molar-refractivity contribution in [1.82, 2.24) is 4.90 Å². The van der Waals surface area contributed by atoms with Crippen LogP contribution in [0.5, 0.6) is 0 Å². The van der Waals surface area contributed by atoms with Gasteiger partial charge in [-0.25, -0.2) is 0 Å². The SMILES string of the molecule is CN(C)C1(C(O)C2CCOC3(CCSC3)C2)CCCCC1. The first-order valence-electron chi connectivity index (χ1n) is 8.65. The molecule has 1 aliphatic carbocycles. The average Bonchev–Trinajstić information content (AvgIpc) is 2.95. The van der Waals surface area contributed by atoms with E-state index in [2.05, 4.69) is 19.0 Å². The summed E-state index contributed by atoms with van der Waals surface area (Å²) >= 11 is 2.02. The molecule has 2 aliphatic heterocycles. The number of ether oxygens (including phenoxy) is 1. The number of aliphatic hydroxyl groups excluding tert-OH is 1. The number of rotatable bonds is 3. The van der Waals surface area contributed by atoms with E-state index in [0.717, 1.165) is 38.0 Å². The lowest BCUT2D eigenvalue weighted by molar-refractivity contribution is -0.133. The number of hydrogen-bond acceptors (Lipinski definition) is 4. The van der Waals surface area contributed by atoms with Crippen molar-refractivity contribution in [2.24, 2.45) is 5.92 Å². The fourth-order valence-corrected chi connectivity index (χ4v) is 6.19. The van der Waals surface area contributed by atoms with Gasteiger partial charge in [-0.3, -0.25) is 0 Å². The van der Waals surface area contributed by atoms with Crippen molar-refractivity contribution in [1.29, 1.82) is 0 Å². The van der Waals surface area contributed by atoms with Crippen LogP contribution in [0.25, 0.3) is 0 Å². The fraction of sp³-hybridized carbons (Fsp3) is 1.00. The Hall–Kier alpha value is 0.230. The quantitative estimate of drug-likeness (QED) is 0.868. The molecule has 0 aromatic carbocycles. The van der Waals surface area contributed by atoms with Crippen LogP contribution in [0, 0.1) is 5.92 Å². The molecule has 0 amide bonds. The summed E-state index contributed by atoms with van der Waals surface area (Å²) in [5.41, 5.74) is 0.0872. The predicted molar refractivity (Wildman–Crippen MR) is 88.9 cm³/mol. The largest absolute Gasteiger partial charge is 0.391 e. The number of aliphatic hydroxyl groups is 1. The monoisotopic (exact) mass is 313 g/mol. The normalized spacial score (nSPS) is 38.0. The Morgan fingerprint density at radius 1 is 1.19 bits per heavy atom. The predicted octanol–water partition coefficient (Wildman–Crippen LogP) is 2.91. The molecule has 3 rings (SSSR count). The highest BCUT2D eigenvalue weighted by atomic mass is 32.2. The van der Waals surface area contributed by atoms with Gasteiger partial charge in [-0.05, 0) is 57.9 Å². The molecule has 122 valence electrons. The lowest BCUT2D eigenvalue weighted by atomic mass is 9.69. The van der Waals surface area contributed by atoms with Crippen molar-refractivity contribution in [3.05, 3.63) is 0 Å². The second kappa shape index (κ2) is 6.38. The van der Waals surface area contributed by atoms with Gasteiger partial charge in [-0.15, -0.1) is 0 Å². The van der Waals surface area contributed by atoms with Crippen molar-refractivity contribution in [3.8, 4) is 0 Å². The summed E-state index contributed by atoms with van der Waals surface area (Å²) in [5.74, 6) is 2.77. The standard InChI is InChI=1S/C17H31NO2S/c1-18(2)17(7-4-3-5-8-17)15(19)14-6-10-20-16(12-14)9-11-21-13-16/h14-15,19H,3-13H2,1-2H3. The van der Waals surface area contributed by atoms with Gasteiger partial charge in [-0.1, -0.05) is 19.3 Å². The minimum atomic E-state index is -0.195. The van der Waals surface area contributed by atoms with Gasteiger partial charge in [0, 0.05) is 17.9 Å². The molecule has 3 unspecified atom stereocenters. The summed E-state index contributed by atoms with van der Waals surface area (Å²) in [7, 11) is 4.32. The van der Waals surface area contributed by atoms with Crippen LogP contribution in [0.4, 0.5) is 0 Å². The molecule has 4 heteroatoms. The minimum Gasteiger partial charge on any atom is -0.391 e. The highest BCUT2D eigenvalue weighted by Crippen LogP contribution is 2.45. The molecule has 2 saturated heterocycles. The molecule has 1 saturated carbocycles. The zero-order valence-electron chi connectivity index (χ0n) is 13.6. The Kier molecular flexibility index (Phi) is 4.90. The molecule has 3 atom stereocenters. The van der Waals surface area contributed by atoms with E-state index in [1.54, 1.807) is 0 Å². The topological polar surface area (TPSA) is 32.7 Å². The highest BCUT2D eigenvalue weighted by Gasteiger charge is 2.49. The van der Waals surface area contributed by atoms with Crippen LogP contribution in [0.3, 0.4) is 0 Å². The second-order valence-corrected chi connectivity index (χ2v) is 8.70. The van der Waals surface area contributed by atoms with Crippen LogP contribution >= 0.6 is 11.8 Å². The maximum Gasteiger partial charge on any atom is 0.0783 e. The molecule has 0 aromatic heterocycles. The lowest BCUT2D eigenvalue weighted by Gasteiger charge is -2.51. The van der Waals surface area contributed by atoms with Crippen LogP contribution in [-0.2, 0) is 4.74 Å². The first-order valence-corrected chi connectivity index (χ1v) is 9.81. The Morgan fingerprint density at radius 2 is 1.95 bits per heavy atom. The molecule has 1 spiro atoms. The number of hydrogen-bond donors (Lipinski definition) is 1.